The summed E-state index contributed by atoms with van der Waals surface area (Å²) in [5, 5.41) is 6.23. The smallest absolute Gasteiger partial charge is 0.226 e. The lowest BCUT2D eigenvalue weighted by atomic mass is 10.1. The van der Waals surface area contributed by atoms with Crippen molar-refractivity contribution >= 4 is 11.6 Å². The molecule has 122 valence electrons. The van der Waals surface area contributed by atoms with E-state index in [1.807, 2.05) is 54.6 Å². The van der Waals surface area contributed by atoms with Crippen molar-refractivity contribution in [2.75, 3.05) is 18.5 Å². The number of carbonyl (C=O) groups excluding carboxylic acids is 1. The Kier molecular flexibility index (Phi) is 7.30. The van der Waals surface area contributed by atoms with Gasteiger partial charge >= 0.3 is 0 Å². The number of para-hydroxylation sites is 1. The van der Waals surface area contributed by atoms with Crippen molar-refractivity contribution in [2.45, 2.75) is 26.5 Å². The van der Waals surface area contributed by atoms with Gasteiger partial charge in [0.2, 0.25) is 5.91 Å². The van der Waals surface area contributed by atoms with Crippen molar-refractivity contribution in [3.63, 3.8) is 0 Å². The van der Waals surface area contributed by atoms with E-state index >= 15 is 0 Å². The molecule has 0 heterocycles. The Morgan fingerprint density at radius 2 is 1.78 bits per heavy atom. The van der Waals surface area contributed by atoms with Crippen LogP contribution < -0.4 is 10.6 Å². The highest BCUT2D eigenvalue weighted by Gasteiger charge is 2.06. The molecule has 2 aromatic rings. The van der Waals surface area contributed by atoms with Crippen molar-refractivity contribution in [1.29, 1.82) is 0 Å². The molecule has 2 rings (SSSR count). The Morgan fingerprint density at radius 3 is 2.57 bits per heavy atom. The Labute approximate surface area is 137 Å². The Balaban J connectivity index is 1.74. The molecule has 0 unspecified atom stereocenters. The number of anilines is 1. The lowest BCUT2D eigenvalue weighted by molar-refractivity contribution is -0.117. The second-order valence-electron chi connectivity index (χ2n) is 5.27. The summed E-state index contributed by atoms with van der Waals surface area (Å²) in [6, 6.07) is 17.8. The average molecular weight is 312 g/mol. The zero-order chi connectivity index (χ0) is 16.3. The molecule has 0 fully saturated rings. The van der Waals surface area contributed by atoms with E-state index in [9.17, 15) is 4.79 Å². The highest BCUT2D eigenvalue weighted by molar-refractivity contribution is 5.91. The molecule has 4 nitrogen and oxygen atoms in total. The van der Waals surface area contributed by atoms with E-state index in [2.05, 4.69) is 17.6 Å². The van der Waals surface area contributed by atoms with Crippen LogP contribution >= 0.6 is 0 Å². The Hall–Kier alpha value is -2.17. The van der Waals surface area contributed by atoms with Crippen LogP contribution in [0.5, 0.6) is 0 Å². The lowest BCUT2D eigenvalue weighted by Crippen LogP contribution is -2.18. The molecule has 0 aliphatic carbocycles. The normalized spacial score (nSPS) is 10.5. The van der Waals surface area contributed by atoms with Gasteiger partial charge < -0.3 is 15.4 Å². The second kappa shape index (κ2) is 9.77. The molecule has 0 bridgehead atoms. The van der Waals surface area contributed by atoms with E-state index in [0.717, 1.165) is 29.9 Å². The molecule has 2 N–H and O–H groups in total. The summed E-state index contributed by atoms with van der Waals surface area (Å²) in [6.45, 7) is 4.65. The van der Waals surface area contributed by atoms with Gasteiger partial charge in [0.25, 0.3) is 0 Å². The molecule has 0 atom stereocenters. The van der Waals surface area contributed by atoms with Crippen LogP contribution in [0.15, 0.2) is 54.6 Å². The van der Waals surface area contributed by atoms with Crippen LogP contribution in [0.3, 0.4) is 0 Å². The predicted octanol–water partition coefficient (Wildman–Crippen LogP) is 3.34. The number of benzene rings is 2. The van der Waals surface area contributed by atoms with E-state index in [-0.39, 0.29) is 5.91 Å². The first-order valence-electron chi connectivity index (χ1n) is 7.99. The zero-order valence-electron chi connectivity index (χ0n) is 13.5. The van der Waals surface area contributed by atoms with Crippen LogP contribution in [0.25, 0.3) is 0 Å². The van der Waals surface area contributed by atoms with Gasteiger partial charge in [0.15, 0.2) is 0 Å². The predicted molar refractivity (Wildman–Crippen MR) is 93.2 cm³/mol. The molecule has 0 saturated carbocycles. The minimum absolute atomic E-state index is 0.0259. The SMILES string of the molecule is CCNCc1ccccc1NC(=O)CCOCc1ccccc1. The molecule has 0 saturated heterocycles. The van der Waals surface area contributed by atoms with Crippen LogP contribution in [0, 0.1) is 0 Å². The second-order valence-corrected chi connectivity index (χ2v) is 5.27. The fourth-order valence-electron chi connectivity index (χ4n) is 2.20. The van der Waals surface area contributed by atoms with Gasteiger partial charge in [0, 0.05) is 12.2 Å². The molecule has 0 aliphatic rings. The van der Waals surface area contributed by atoms with Crippen LogP contribution in [-0.2, 0) is 22.7 Å². The first-order chi connectivity index (χ1) is 11.3. The van der Waals surface area contributed by atoms with E-state index < -0.39 is 0 Å². The number of amides is 1. The van der Waals surface area contributed by atoms with Gasteiger partial charge in [-0.3, -0.25) is 4.79 Å². The highest BCUT2D eigenvalue weighted by atomic mass is 16.5. The highest BCUT2D eigenvalue weighted by Crippen LogP contribution is 2.15. The molecular formula is C19H24N2O2. The lowest BCUT2D eigenvalue weighted by Gasteiger charge is -2.11. The van der Waals surface area contributed by atoms with Crippen LogP contribution in [0.2, 0.25) is 0 Å². The summed E-state index contributed by atoms with van der Waals surface area (Å²) in [5.41, 5.74) is 3.07. The summed E-state index contributed by atoms with van der Waals surface area (Å²) in [7, 11) is 0. The Morgan fingerprint density at radius 1 is 1.04 bits per heavy atom. The molecule has 0 radical (unpaired) electrons. The maximum atomic E-state index is 12.0. The van der Waals surface area contributed by atoms with Crippen molar-refractivity contribution < 1.29 is 9.53 Å². The third kappa shape index (κ3) is 6.22. The molecule has 0 aliphatic heterocycles. The summed E-state index contributed by atoms with van der Waals surface area (Å²) in [5.74, 6) is -0.0259. The monoisotopic (exact) mass is 312 g/mol. The van der Waals surface area contributed by atoms with E-state index in [1.54, 1.807) is 0 Å². The van der Waals surface area contributed by atoms with Gasteiger partial charge in [-0.15, -0.1) is 0 Å². The molecule has 0 spiro atoms. The molecule has 1 amide bonds. The first-order valence-corrected chi connectivity index (χ1v) is 7.99. The number of hydrogen-bond donors (Lipinski definition) is 2. The van der Waals surface area contributed by atoms with Crippen molar-refractivity contribution in [1.82, 2.24) is 5.32 Å². The summed E-state index contributed by atoms with van der Waals surface area (Å²) < 4.78 is 5.55. The summed E-state index contributed by atoms with van der Waals surface area (Å²) in [6.07, 6.45) is 0.350. The number of carbonyl (C=O) groups is 1. The largest absolute Gasteiger partial charge is 0.376 e. The fourth-order valence-corrected chi connectivity index (χ4v) is 2.20. The van der Waals surface area contributed by atoms with Gasteiger partial charge in [0.1, 0.15) is 0 Å². The first kappa shape index (κ1) is 17.2. The van der Waals surface area contributed by atoms with E-state index in [4.69, 9.17) is 4.74 Å². The number of ether oxygens (including phenoxy) is 1. The van der Waals surface area contributed by atoms with E-state index in [0.29, 0.717) is 19.6 Å². The topological polar surface area (TPSA) is 50.4 Å². The van der Waals surface area contributed by atoms with Gasteiger partial charge in [-0.2, -0.15) is 0 Å². The van der Waals surface area contributed by atoms with Crippen molar-refractivity contribution in [2.24, 2.45) is 0 Å². The summed E-state index contributed by atoms with van der Waals surface area (Å²) >= 11 is 0. The van der Waals surface area contributed by atoms with Crippen LogP contribution in [0.4, 0.5) is 5.69 Å². The third-order valence-electron chi connectivity index (χ3n) is 3.44. The Bertz CT molecular complexity index is 599. The molecule has 4 heteroatoms. The minimum Gasteiger partial charge on any atom is -0.376 e. The molecule has 2 aromatic carbocycles. The van der Waals surface area contributed by atoms with Gasteiger partial charge in [-0.05, 0) is 23.7 Å². The standard InChI is InChI=1S/C19H24N2O2/c1-2-20-14-17-10-6-7-11-18(17)21-19(22)12-13-23-15-16-8-4-3-5-9-16/h3-11,20H,2,12-15H2,1H3,(H,21,22). The van der Waals surface area contributed by atoms with E-state index in [1.165, 1.54) is 0 Å². The average Bonchev–Trinajstić information content (AvgIpc) is 2.59. The third-order valence-corrected chi connectivity index (χ3v) is 3.44. The maximum Gasteiger partial charge on any atom is 0.226 e. The molecule has 0 aromatic heterocycles. The number of nitrogens with one attached hydrogen (secondary N) is 2. The molecular weight excluding hydrogens is 288 g/mol. The van der Waals surface area contributed by atoms with Crippen molar-refractivity contribution in [3.8, 4) is 0 Å². The summed E-state index contributed by atoms with van der Waals surface area (Å²) in [4.78, 5) is 12.0. The fraction of sp³-hybridized carbons (Fsp3) is 0.316. The molecule has 23 heavy (non-hydrogen) atoms. The maximum absolute atomic E-state index is 12.0. The number of hydrogen-bond acceptors (Lipinski definition) is 3. The van der Waals surface area contributed by atoms with Gasteiger partial charge in [0.05, 0.1) is 19.6 Å². The number of rotatable bonds is 9. The van der Waals surface area contributed by atoms with Crippen LogP contribution in [0.1, 0.15) is 24.5 Å². The van der Waals surface area contributed by atoms with Gasteiger partial charge in [-0.1, -0.05) is 55.5 Å². The zero-order valence-corrected chi connectivity index (χ0v) is 13.5. The minimum atomic E-state index is -0.0259. The van der Waals surface area contributed by atoms with Crippen molar-refractivity contribution in [3.05, 3.63) is 65.7 Å². The quantitative estimate of drug-likeness (QED) is 0.698. The van der Waals surface area contributed by atoms with Gasteiger partial charge in [-0.25, -0.2) is 0 Å². The van der Waals surface area contributed by atoms with Crippen LogP contribution in [-0.4, -0.2) is 19.1 Å².